The van der Waals surface area contributed by atoms with Gasteiger partial charge in [0.15, 0.2) is 0 Å². The molecule has 1 unspecified atom stereocenters. The summed E-state index contributed by atoms with van der Waals surface area (Å²) in [6.07, 6.45) is 6.29. The fourth-order valence-electron chi connectivity index (χ4n) is 3.74. The molecule has 0 bridgehead atoms. The van der Waals surface area contributed by atoms with Crippen LogP contribution in [-0.2, 0) is 14.3 Å². The van der Waals surface area contributed by atoms with Gasteiger partial charge in [-0.1, -0.05) is 6.42 Å². The van der Waals surface area contributed by atoms with Crippen LogP contribution in [-0.4, -0.2) is 44.9 Å². The highest BCUT2D eigenvalue weighted by molar-refractivity contribution is 5.66. The Morgan fingerprint density at radius 2 is 2.06 bits per heavy atom. The monoisotopic (exact) mass is 256 g/mol. The molecule has 4 atom stereocenters. The van der Waals surface area contributed by atoms with E-state index >= 15 is 0 Å². The van der Waals surface area contributed by atoms with Crippen molar-refractivity contribution in [2.24, 2.45) is 5.92 Å². The molecule has 4 heteroatoms. The zero-order chi connectivity index (χ0) is 13.0. The van der Waals surface area contributed by atoms with Crippen molar-refractivity contribution in [3.63, 3.8) is 0 Å². The molecule has 1 aliphatic carbocycles. The smallest absolute Gasteiger partial charge is 0.302 e. The fraction of sp³-hybridized carbons (Fsp3) is 0.929. The first-order valence-corrected chi connectivity index (χ1v) is 7.23. The largest absolute Gasteiger partial charge is 0.462 e. The van der Waals surface area contributed by atoms with Crippen LogP contribution in [0.1, 0.15) is 39.0 Å². The molecule has 4 nitrogen and oxygen atoms in total. The molecule has 1 saturated carbocycles. The molecular formula is C14H26NO3+. The Labute approximate surface area is 110 Å². The van der Waals surface area contributed by atoms with E-state index in [4.69, 9.17) is 9.47 Å². The maximum absolute atomic E-state index is 11.2. The lowest BCUT2D eigenvalue weighted by atomic mass is 9.76. The fourth-order valence-corrected chi connectivity index (χ4v) is 3.74. The molecular weight excluding hydrogens is 230 g/mol. The van der Waals surface area contributed by atoms with Crippen molar-refractivity contribution in [1.29, 1.82) is 0 Å². The molecule has 0 aromatic rings. The van der Waals surface area contributed by atoms with Crippen molar-refractivity contribution >= 4 is 5.97 Å². The van der Waals surface area contributed by atoms with Crippen LogP contribution in [0.3, 0.4) is 0 Å². The Bertz CT molecular complexity index is 282. The van der Waals surface area contributed by atoms with E-state index in [0.717, 1.165) is 26.1 Å². The van der Waals surface area contributed by atoms with Gasteiger partial charge in [-0.2, -0.15) is 0 Å². The van der Waals surface area contributed by atoms with Gasteiger partial charge in [0.1, 0.15) is 12.6 Å². The van der Waals surface area contributed by atoms with Gasteiger partial charge in [-0.25, -0.2) is 0 Å². The molecule has 2 aliphatic rings. The number of carbonyl (C=O) groups is 1. The Hall–Kier alpha value is -0.610. The molecule has 0 amide bonds. The minimum absolute atomic E-state index is 0.121. The van der Waals surface area contributed by atoms with Gasteiger partial charge in [0.05, 0.1) is 19.2 Å². The standard InChI is InChI=1S/C14H25NO3/c1-11(16)18-14-7-8-15(9-10-17-2)13-6-4-3-5-12(13)14/h12-14H,3-10H2,1-2H3/p+1/t12-,13+,14-/m1/s1. The second-order valence-corrected chi connectivity index (χ2v) is 5.64. The molecule has 104 valence electrons. The van der Waals surface area contributed by atoms with Gasteiger partial charge in [-0.15, -0.1) is 0 Å². The van der Waals surface area contributed by atoms with E-state index in [-0.39, 0.29) is 12.1 Å². The van der Waals surface area contributed by atoms with Gasteiger partial charge >= 0.3 is 5.97 Å². The Balaban J connectivity index is 1.98. The van der Waals surface area contributed by atoms with Gasteiger partial charge < -0.3 is 14.4 Å². The highest BCUT2D eigenvalue weighted by Crippen LogP contribution is 2.30. The van der Waals surface area contributed by atoms with Crippen LogP contribution in [0.15, 0.2) is 0 Å². The summed E-state index contributed by atoms with van der Waals surface area (Å²) < 4.78 is 10.7. The number of quaternary nitrogens is 1. The number of hydrogen-bond acceptors (Lipinski definition) is 3. The van der Waals surface area contributed by atoms with Crippen LogP contribution in [0, 0.1) is 5.92 Å². The van der Waals surface area contributed by atoms with Crippen LogP contribution >= 0.6 is 0 Å². The van der Waals surface area contributed by atoms with Gasteiger partial charge in [0, 0.05) is 26.4 Å². The molecule has 1 N–H and O–H groups in total. The minimum atomic E-state index is -0.121. The average molecular weight is 256 g/mol. The third-order valence-corrected chi connectivity index (χ3v) is 4.52. The number of fused-ring (bicyclic) bond motifs is 1. The predicted molar refractivity (Wildman–Crippen MR) is 68.5 cm³/mol. The summed E-state index contributed by atoms with van der Waals surface area (Å²) in [6.45, 7) is 4.56. The van der Waals surface area contributed by atoms with E-state index in [9.17, 15) is 4.79 Å². The summed E-state index contributed by atoms with van der Waals surface area (Å²) in [5, 5.41) is 0. The van der Waals surface area contributed by atoms with Gasteiger partial charge in [-0.05, 0) is 19.3 Å². The van der Waals surface area contributed by atoms with Crippen LogP contribution in [0.2, 0.25) is 0 Å². The molecule has 2 rings (SSSR count). The summed E-state index contributed by atoms with van der Waals surface area (Å²) in [5.41, 5.74) is 0. The van der Waals surface area contributed by atoms with Crippen molar-refractivity contribution in [3.8, 4) is 0 Å². The number of ether oxygens (including phenoxy) is 2. The van der Waals surface area contributed by atoms with E-state index in [1.807, 2.05) is 0 Å². The first-order valence-electron chi connectivity index (χ1n) is 7.23. The predicted octanol–water partition coefficient (Wildman–Crippen LogP) is 0.412. The van der Waals surface area contributed by atoms with E-state index < -0.39 is 0 Å². The maximum Gasteiger partial charge on any atom is 0.302 e. The molecule has 2 fully saturated rings. The third kappa shape index (κ3) is 3.23. The Kier molecular flexibility index (Phi) is 5.01. The van der Waals surface area contributed by atoms with Gasteiger partial charge in [0.2, 0.25) is 0 Å². The van der Waals surface area contributed by atoms with Gasteiger partial charge in [0.25, 0.3) is 0 Å². The Morgan fingerprint density at radius 1 is 1.28 bits per heavy atom. The molecule has 1 aliphatic heterocycles. The second-order valence-electron chi connectivity index (χ2n) is 5.64. The number of rotatable bonds is 4. The lowest BCUT2D eigenvalue weighted by Gasteiger charge is -2.44. The number of likely N-dealkylation sites (tertiary alicyclic amines) is 1. The zero-order valence-electron chi connectivity index (χ0n) is 11.6. The number of piperidine rings is 1. The number of carbonyl (C=O) groups excluding carboxylic acids is 1. The van der Waals surface area contributed by atoms with Crippen LogP contribution in [0.5, 0.6) is 0 Å². The molecule has 0 aromatic heterocycles. The Morgan fingerprint density at radius 3 is 2.78 bits per heavy atom. The van der Waals surface area contributed by atoms with Crippen molar-refractivity contribution in [2.75, 3.05) is 26.8 Å². The zero-order valence-corrected chi connectivity index (χ0v) is 11.6. The number of nitrogens with one attached hydrogen (secondary N) is 1. The number of hydrogen-bond donors (Lipinski definition) is 1. The molecule has 0 radical (unpaired) electrons. The van der Waals surface area contributed by atoms with Crippen molar-refractivity contribution in [1.82, 2.24) is 0 Å². The molecule has 0 spiro atoms. The molecule has 1 saturated heterocycles. The van der Waals surface area contributed by atoms with Crippen molar-refractivity contribution < 1.29 is 19.2 Å². The first-order chi connectivity index (χ1) is 8.72. The summed E-state index contributed by atoms with van der Waals surface area (Å²) in [5.74, 6) is 0.452. The van der Waals surface area contributed by atoms with E-state index in [1.165, 1.54) is 32.6 Å². The summed E-state index contributed by atoms with van der Waals surface area (Å²) in [6, 6.07) is 0.673. The van der Waals surface area contributed by atoms with Crippen LogP contribution < -0.4 is 4.90 Å². The third-order valence-electron chi connectivity index (χ3n) is 4.52. The lowest BCUT2D eigenvalue weighted by Crippen LogP contribution is -3.18. The maximum atomic E-state index is 11.2. The normalized spacial score (nSPS) is 35.9. The molecule has 1 heterocycles. The topological polar surface area (TPSA) is 40.0 Å². The van der Waals surface area contributed by atoms with E-state index in [1.54, 1.807) is 12.0 Å². The quantitative estimate of drug-likeness (QED) is 0.741. The van der Waals surface area contributed by atoms with E-state index in [0.29, 0.717) is 12.0 Å². The highest BCUT2D eigenvalue weighted by Gasteiger charge is 2.43. The lowest BCUT2D eigenvalue weighted by molar-refractivity contribution is -0.937. The summed E-state index contributed by atoms with van der Waals surface area (Å²) in [7, 11) is 1.77. The molecule has 18 heavy (non-hydrogen) atoms. The van der Waals surface area contributed by atoms with E-state index in [2.05, 4.69) is 0 Å². The van der Waals surface area contributed by atoms with Crippen LogP contribution in [0.25, 0.3) is 0 Å². The van der Waals surface area contributed by atoms with Gasteiger partial charge in [-0.3, -0.25) is 4.79 Å². The molecule has 0 aromatic carbocycles. The van der Waals surface area contributed by atoms with Crippen LogP contribution in [0.4, 0.5) is 0 Å². The first kappa shape index (κ1) is 13.8. The summed E-state index contributed by atoms with van der Waals surface area (Å²) >= 11 is 0. The number of esters is 1. The highest BCUT2D eigenvalue weighted by atomic mass is 16.5. The SMILES string of the molecule is COCC[NH+]1CC[C@@H](OC(C)=O)[C@@H]2CCCC[C@@H]21. The summed E-state index contributed by atoms with van der Waals surface area (Å²) in [4.78, 5) is 12.8. The minimum Gasteiger partial charge on any atom is -0.462 e. The van der Waals surface area contributed by atoms with Crippen molar-refractivity contribution in [2.45, 2.75) is 51.2 Å². The average Bonchev–Trinajstić information content (AvgIpc) is 2.37. The second kappa shape index (κ2) is 6.53. The van der Waals surface area contributed by atoms with Crippen molar-refractivity contribution in [3.05, 3.63) is 0 Å². The number of methoxy groups -OCH3 is 1.